The first-order valence-corrected chi connectivity index (χ1v) is 11.1. The summed E-state index contributed by atoms with van der Waals surface area (Å²) in [5.41, 5.74) is 2.53. The normalized spacial score (nSPS) is 16.9. The van der Waals surface area contributed by atoms with E-state index >= 15 is 0 Å². The van der Waals surface area contributed by atoms with Crippen molar-refractivity contribution in [2.24, 2.45) is 0 Å². The van der Waals surface area contributed by atoms with Gasteiger partial charge in [0.2, 0.25) is 11.8 Å². The van der Waals surface area contributed by atoms with E-state index in [0.717, 1.165) is 41.5 Å². The summed E-state index contributed by atoms with van der Waals surface area (Å²) in [5, 5.41) is 4.93. The highest BCUT2D eigenvalue weighted by atomic mass is 19.1. The summed E-state index contributed by atoms with van der Waals surface area (Å²) in [6.07, 6.45) is 3.36. The van der Waals surface area contributed by atoms with Crippen LogP contribution >= 0.6 is 0 Å². The van der Waals surface area contributed by atoms with Gasteiger partial charge in [0.15, 0.2) is 0 Å². The van der Waals surface area contributed by atoms with Gasteiger partial charge in [-0.1, -0.05) is 36.4 Å². The molecule has 33 heavy (non-hydrogen) atoms. The maximum Gasteiger partial charge on any atom is 0.246 e. The number of nitrogens with zero attached hydrogens (tertiary/aromatic N) is 2. The molecule has 1 aliphatic rings. The van der Waals surface area contributed by atoms with Crippen molar-refractivity contribution in [1.29, 1.82) is 0 Å². The predicted molar refractivity (Wildman–Crippen MR) is 130 cm³/mol. The number of rotatable bonds is 5. The molecule has 170 valence electrons. The van der Waals surface area contributed by atoms with Gasteiger partial charge in [-0.3, -0.25) is 14.5 Å². The van der Waals surface area contributed by atoms with Crippen LogP contribution in [0.2, 0.25) is 0 Å². The standard InChI is InChI=1S/C27H28FN3O2/c1-19-17-30(18-21-7-10-25(28)11-8-21)13-14-31(19)27(33)12-9-24-15-22-5-3-4-6-23(22)16-26(24)29-20(2)32/h3-12,15-16,19H,13-14,17-18H2,1-2H3,(H,29,32). The predicted octanol–water partition coefficient (Wildman–Crippen LogP) is 4.68. The van der Waals surface area contributed by atoms with E-state index in [1.807, 2.05) is 48.2 Å². The van der Waals surface area contributed by atoms with Crippen molar-refractivity contribution < 1.29 is 14.0 Å². The Morgan fingerprint density at radius 1 is 1.06 bits per heavy atom. The fourth-order valence-electron chi connectivity index (χ4n) is 4.30. The molecular weight excluding hydrogens is 417 g/mol. The molecule has 1 unspecified atom stereocenters. The minimum atomic E-state index is -0.234. The van der Waals surface area contributed by atoms with Gasteiger partial charge in [-0.15, -0.1) is 0 Å². The number of carbonyl (C=O) groups excluding carboxylic acids is 2. The zero-order valence-corrected chi connectivity index (χ0v) is 18.9. The molecule has 0 spiro atoms. The largest absolute Gasteiger partial charge is 0.334 e. The third kappa shape index (κ3) is 5.65. The highest BCUT2D eigenvalue weighted by molar-refractivity contribution is 5.99. The number of piperazine rings is 1. The number of fused-ring (bicyclic) bond motifs is 1. The van der Waals surface area contributed by atoms with Gasteiger partial charge >= 0.3 is 0 Å². The number of benzene rings is 3. The van der Waals surface area contributed by atoms with Crippen LogP contribution < -0.4 is 5.32 Å². The van der Waals surface area contributed by atoms with E-state index < -0.39 is 0 Å². The van der Waals surface area contributed by atoms with Crippen LogP contribution in [-0.2, 0) is 16.1 Å². The van der Waals surface area contributed by atoms with E-state index in [-0.39, 0.29) is 23.7 Å². The second-order valence-corrected chi connectivity index (χ2v) is 8.54. The Morgan fingerprint density at radius 2 is 1.76 bits per heavy atom. The molecule has 0 radical (unpaired) electrons. The van der Waals surface area contributed by atoms with Crippen molar-refractivity contribution in [2.75, 3.05) is 25.0 Å². The Bertz CT molecular complexity index is 1190. The van der Waals surface area contributed by atoms with E-state index in [4.69, 9.17) is 0 Å². The zero-order valence-electron chi connectivity index (χ0n) is 18.9. The fraction of sp³-hybridized carbons (Fsp3) is 0.259. The average Bonchev–Trinajstić information content (AvgIpc) is 2.78. The molecular formula is C27H28FN3O2. The van der Waals surface area contributed by atoms with Crippen LogP contribution in [-0.4, -0.2) is 47.3 Å². The number of nitrogens with one attached hydrogen (secondary N) is 1. The van der Waals surface area contributed by atoms with Crippen LogP contribution in [0.25, 0.3) is 16.8 Å². The lowest BCUT2D eigenvalue weighted by Gasteiger charge is -2.39. The third-order valence-electron chi connectivity index (χ3n) is 5.95. The van der Waals surface area contributed by atoms with Crippen LogP contribution in [0.5, 0.6) is 0 Å². The van der Waals surface area contributed by atoms with Crippen LogP contribution in [0.15, 0.2) is 66.7 Å². The topological polar surface area (TPSA) is 52.7 Å². The lowest BCUT2D eigenvalue weighted by atomic mass is 10.0. The molecule has 0 aliphatic carbocycles. The van der Waals surface area contributed by atoms with E-state index in [1.54, 1.807) is 24.3 Å². The number of carbonyl (C=O) groups is 2. The summed E-state index contributed by atoms with van der Waals surface area (Å²) in [6.45, 7) is 6.39. The smallest absolute Gasteiger partial charge is 0.246 e. The number of hydrogen-bond acceptors (Lipinski definition) is 3. The van der Waals surface area contributed by atoms with Crippen molar-refractivity contribution in [3.05, 3.63) is 83.7 Å². The molecule has 1 heterocycles. The van der Waals surface area contributed by atoms with Crippen LogP contribution in [0.1, 0.15) is 25.0 Å². The molecule has 1 aliphatic heterocycles. The molecule has 1 saturated heterocycles. The average molecular weight is 446 g/mol. The van der Waals surface area contributed by atoms with Gasteiger partial charge in [-0.2, -0.15) is 0 Å². The van der Waals surface area contributed by atoms with Gasteiger partial charge in [0.1, 0.15) is 5.82 Å². The molecule has 2 amide bonds. The highest BCUT2D eigenvalue weighted by Gasteiger charge is 2.26. The van der Waals surface area contributed by atoms with Gasteiger partial charge in [-0.25, -0.2) is 4.39 Å². The van der Waals surface area contributed by atoms with Crippen molar-refractivity contribution in [2.45, 2.75) is 26.4 Å². The molecule has 0 bridgehead atoms. The van der Waals surface area contributed by atoms with E-state index in [0.29, 0.717) is 12.2 Å². The van der Waals surface area contributed by atoms with Gasteiger partial charge in [0, 0.05) is 50.9 Å². The Labute approximate surface area is 193 Å². The van der Waals surface area contributed by atoms with E-state index in [2.05, 4.69) is 10.2 Å². The van der Waals surface area contributed by atoms with Gasteiger partial charge in [0.05, 0.1) is 0 Å². The maximum absolute atomic E-state index is 13.1. The Balaban J connectivity index is 1.44. The molecule has 3 aromatic carbocycles. The molecule has 1 N–H and O–H groups in total. The summed E-state index contributed by atoms with van der Waals surface area (Å²) in [5.74, 6) is -0.439. The zero-order chi connectivity index (χ0) is 23.4. The molecule has 0 saturated carbocycles. The van der Waals surface area contributed by atoms with E-state index in [1.165, 1.54) is 19.1 Å². The monoisotopic (exact) mass is 445 g/mol. The Kier molecular flexibility index (Phi) is 6.84. The summed E-state index contributed by atoms with van der Waals surface area (Å²) >= 11 is 0. The second kappa shape index (κ2) is 9.96. The van der Waals surface area contributed by atoms with Crippen molar-refractivity contribution in [1.82, 2.24) is 9.80 Å². The Morgan fingerprint density at radius 3 is 2.42 bits per heavy atom. The number of halogens is 1. The first-order chi connectivity index (χ1) is 15.9. The van der Waals surface area contributed by atoms with Gasteiger partial charge < -0.3 is 10.2 Å². The third-order valence-corrected chi connectivity index (χ3v) is 5.95. The Hall–Kier alpha value is -3.51. The van der Waals surface area contributed by atoms with Crippen LogP contribution in [0.4, 0.5) is 10.1 Å². The van der Waals surface area contributed by atoms with Crippen LogP contribution in [0, 0.1) is 5.82 Å². The molecule has 5 nitrogen and oxygen atoms in total. The lowest BCUT2D eigenvalue weighted by molar-refractivity contribution is -0.130. The number of anilines is 1. The van der Waals surface area contributed by atoms with Gasteiger partial charge in [-0.05, 0) is 59.2 Å². The first-order valence-electron chi connectivity index (χ1n) is 11.1. The molecule has 4 rings (SSSR count). The second-order valence-electron chi connectivity index (χ2n) is 8.54. The number of amides is 2. The summed E-state index contributed by atoms with van der Waals surface area (Å²) < 4.78 is 13.1. The summed E-state index contributed by atoms with van der Waals surface area (Å²) in [4.78, 5) is 28.8. The quantitative estimate of drug-likeness (QED) is 0.580. The molecule has 3 aromatic rings. The number of hydrogen-bond donors (Lipinski definition) is 1. The minimum Gasteiger partial charge on any atom is -0.334 e. The highest BCUT2D eigenvalue weighted by Crippen LogP contribution is 2.26. The first kappa shape index (κ1) is 22.7. The molecule has 0 aromatic heterocycles. The summed E-state index contributed by atoms with van der Waals surface area (Å²) in [7, 11) is 0. The summed E-state index contributed by atoms with van der Waals surface area (Å²) in [6, 6.07) is 18.4. The molecule has 1 atom stereocenters. The maximum atomic E-state index is 13.1. The fourth-order valence-corrected chi connectivity index (χ4v) is 4.30. The SMILES string of the molecule is CC(=O)Nc1cc2ccccc2cc1C=CC(=O)N1CCN(Cc2ccc(F)cc2)CC1C. The van der Waals surface area contributed by atoms with Crippen molar-refractivity contribution >= 4 is 34.4 Å². The lowest BCUT2D eigenvalue weighted by Crippen LogP contribution is -2.53. The molecule has 1 fully saturated rings. The molecule has 6 heteroatoms. The van der Waals surface area contributed by atoms with Crippen molar-refractivity contribution in [3.63, 3.8) is 0 Å². The van der Waals surface area contributed by atoms with Crippen LogP contribution in [0.3, 0.4) is 0 Å². The van der Waals surface area contributed by atoms with Gasteiger partial charge in [0.25, 0.3) is 0 Å². The van der Waals surface area contributed by atoms with E-state index in [9.17, 15) is 14.0 Å². The van der Waals surface area contributed by atoms with Crippen molar-refractivity contribution in [3.8, 4) is 0 Å². The minimum absolute atomic E-state index is 0.0501.